The summed E-state index contributed by atoms with van der Waals surface area (Å²) < 4.78 is 0. The third-order valence-corrected chi connectivity index (χ3v) is 3.99. The number of nitrogens with two attached hydrogens (primary N) is 1. The monoisotopic (exact) mass is 260 g/mol. The predicted octanol–water partition coefficient (Wildman–Crippen LogP) is -0.0976. The Morgan fingerprint density at radius 2 is 2.32 bits per heavy atom. The van der Waals surface area contributed by atoms with E-state index in [-0.39, 0.29) is 11.8 Å². The molecule has 2 fully saturated rings. The molecule has 3 heterocycles. The SMILES string of the molecule is Nc1ncccc1CN1CC[C@@]2(CC(=O)NC2=O)C1. The van der Waals surface area contributed by atoms with E-state index in [1.807, 2.05) is 12.1 Å². The number of aromatic nitrogens is 1. The van der Waals surface area contributed by atoms with Gasteiger partial charge in [0.25, 0.3) is 0 Å². The van der Waals surface area contributed by atoms with E-state index >= 15 is 0 Å². The van der Waals surface area contributed by atoms with E-state index in [0.29, 0.717) is 25.3 Å². The third-order valence-electron chi connectivity index (χ3n) is 3.99. The van der Waals surface area contributed by atoms with Gasteiger partial charge in [-0.15, -0.1) is 0 Å². The number of nitrogens with zero attached hydrogens (tertiary/aromatic N) is 2. The van der Waals surface area contributed by atoms with Crippen LogP contribution in [0.2, 0.25) is 0 Å². The van der Waals surface area contributed by atoms with Gasteiger partial charge in [-0.3, -0.25) is 19.8 Å². The molecule has 0 aliphatic carbocycles. The molecule has 2 aliphatic rings. The first kappa shape index (κ1) is 12.1. The number of pyridine rings is 1. The number of nitrogen functional groups attached to an aromatic ring is 1. The van der Waals surface area contributed by atoms with E-state index in [0.717, 1.165) is 18.5 Å². The van der Waals surface area contributed by atoms with Gasteiger partial charge in [-0.05, 0) is 19.0 Å². The van der Waals surface area contributed by atoms with Gasteiger partial charge < -0.3 is 5.73 Å². The summed E-state index contributed by atoms with van der Waals surface area (Å²) in [6, 6.07) is 3.79. The number of hydrogen-bond acceptors (Lipinski definition) is 5. The van der Waals surface area contributed by atoms with Crippen molar-refractivity contribution in [1.82, 2.24) is 15.2 Å². The lowest BCUT2D eigenvalue weighted by molar-refractivity contribution is -0.128. The van der Waals surface area contributed by atoms with Gasteiger partial charge in [0, 0.05) is 31.3 Å². The number of anilines is 1. The van der Waals surface area contributed by atoms with Gasteiger partial charge in [0.15, 0.2) is 0 Å². The van der Waals surface area contributed by atoms with Crippen LogP contribution in [0.3, 0.4) is 0 Å². The van der Waals surface area contributed by atoms with Crippen LogP contribution in [0.1, 0.15) is 18.4 Å². The van der Waals surface area contributed by atoms with Gasteiger partial charge in [-0.25, -0.2) is 4.98 Å². The van der Waals surface area contributed by atoms with E-state index in [2.05, 4.69) is 15.2 Å². The van der Waals surface area contributed by atoms with Gasteiger partial charge in [-0.2, -0.15) is 0 Å². The number of carbonyl (C=O) groups excluding carboxylic acids is 2. The average Bonchev–Trinajstić information content (AvgIpc) is 2.88. The van der Waals surface area contributed by atoms with E-state index in [1.54, 1.807) is 6.20 Å². The number of rotatable bonds is 2. The Morgan fingerprint density at radius 1 is 1.47 bits per heavy atom. The highest BCUT2D eigenvalue weighted by atomic mass is 16.2. The van der Waals surface area contributed by atoms with Crippen LogP contribution in [0.25, 0.3) is 0 Å². The molecule has 1 spiro atoms. The molecule has 0 unspecified atom stereocenters. The summed E-state index contributed by atoms with van der Waals surface area (Å²) in [7, 11) is 0. The van der Waals surface area contributed by atoms with Crippen molar-refractivity contribution in [1.29, 1.82) is 0 Å². The Morgan fingerprint density at radius 3 is 3.00 bits per heavy atom. The highest BCUT2D eigenvalue weighted by molar-refractivity contribution is 6.06. The van der Waals surface area contributed by atoms with E-state index < -0.39 is 5.41 Å². The molecule has 100 valence electrons. The van der Waals surface area contributed by atoms with Gasteiger partial charge in [0.05, 0.1) is 5.41 Å². The average molecular weight is 260 g/mol. The predicted molar refractivity (Wildman–Crippen MR) is 68.7 cm³/mol. The molecule has 3 N–H and O–H groups in total. The van der Waals surface area contributed by atoms with Crippen LogP contribution in [0.4, 0.5) is 5.82 Å². The molecule has 0 bridgehead atoms. The fourth-order valence-electron chi connectivity index (χ4n) is 2.94. The molecule has 0 saturated carbocycles. The smallest absolute Gasteiger partial charge is 0.234 e. The van der Waals surface area contributed by atoms with Gasteiger partial charge in [-0.1, -0.05) is 6.07 Å². The summed E-state index contributed by atoms with van der Waals surface area (Å²) in [5, 5.41) is 2.40. The van der Waals surface area contributed by atoms with Crippen LogP contribution in [0, 0.1) is 5.41 Å². The van der Waals surface area contributed by atoms with Crippen molar-refractivity contribution in [2.45, 2.75) is 19.4 Å². The minimum atomic E-state index is -0.520. The quantitative estimate of drug-likeness (QED) is 0.725. The van der Waals surface area contributed by atoms with Crippen molar-refractivity contribution in [2.24, 2.45) is 5.41 Å². The van der Waals surface area contributed by atoms with Crippen LogP contribution >= 0.6 is 0 Å². The summed E-state index contributed by atoms with van der Waals surface area (Å²) in [6.45, 7) is 2.08. The molecule has 6 nitrogen and oxygen atoms in total. The summed E-state index contributed by atoms with van der Waals surface area (Å²) >= 11 is 0. The van der Waals surface area contributed by atoms with Gasteiger partial charge in [0.1, 0.15) is 5.82 Å². The largest absolute Gasteiger partial charge is 0.383 e. The molecule has 2 aliphatic heterocycles. The maximum atomic E-state index is 11.9. The fraction of sp³-hybridized carbons (Fsp3) is 0.462. The maximum absolute atomic E-state index is 11.9. The number of imide groups is 1. The number of nitrogens with one attached hydrogen (secondary N) is 1. The Balaban J connectivity index is 1.72. The van der Waals surface area contributed by atoms with Crippen LogP contribution < -0.4 is 11.1 Å². The molecule has 2 saturated heterocycles. The summed E-state index contributed by atoms with van der Waals surface area (Å²) in [4.78, 5) is 29.4. The lowest BCUT2D eigenvalue weighted by atomic mass is 9.85. The van der Waals surface area contributed by atoms with Crippen molar-refractivity contribution in [3.8, 4) is 0 Å². The Kier molecular flexibility index (Phi) is 2.74. The number of hydrogen-bond donors (Lipinski definition) is 2. The summed E-state index contributed by atoms with van der Waals surface area (Å²) in [5.41, 5.74) is 6.26. The zero-order valence-electron chi connectivity index (χ0n) is 10.6. The number of carbonyl (C=O) groups is 2. The van der Waals surface area contributed by atoms with E-state index in [4.69, 9.17) is 5.73 Å². The minimum Gasteiger partial charge on any atom is -0.383 e. The van der Waals surface area contributed by atoms with Crippen LogP contribution in [0.15, 0.2) is 18.3 Å². The second kappa shape index (κ2) is 4.31. The van der Waals surface area contributed by atoms with Crippen LogP contribution in [0.5, 0.6) is 0 Å². The molecule has 2 amide bonds. The molecule has 0 aromatic carbocycles. The van der Waals surface area contributed by atoms with Crippen LogP contribution in [-0.4, -0.2) is 34.8 Å². The first-order valence-electron chi connectivity index (χ1n) is 6.35. The molecule has 19 heavy (non-hydrogen) atoms. The minimum absolute atomic E-state index is 0.126. The molecule has 6 heteroatoms. The molecular weight excluding hydrogens is 244 g/mol. The van der Waals surface area contributed by atoms with Crippen molar-refractivity contribution >= 4 is 17.6 Å². The first-order chi connectivity index (χ1) is 9.09. The Hall–Kier alpha value is -1.95. The Bertz CT molecular complexity index is 545. The van der Waals surface area contributed by atoms with Crippen molar-refractivity contribution in [3.05, 3.63) is 23.9 Å². The third kappa shape index (κ3) is 2.08. The molecule has 1 atom stereocenters. The maximum Gasteiger partial charge on any atom is 0.234 e. The van der Waals surface area contributed by atoms with Crippen molar-refractivity contribution in [2.75, 3.05) is 18.8 Å². The first-order valence-corrected chi connectivity index (χ1v) is 6.35. The normalized spacial score (nSPS) is 27.2. The van der Waals surface area contributed by atoms with Gasteiger partial charge in [0.2, 0.25) is 11.8 Å². The second-order valence-electron chi connectivity index (χ2n) is 5.34. The topological polar surface area (TPSA) is 88.3 Å². The van der Waals surface area contributed by atoms with E-state index in [1.165, 1.54) is 0 Å². The van der Waals surface area contributed by atoms with Crippen molar-refractivity contribution in [3.63, 3.8) is 0 Å². The zero-order valence-corrected chi connectivity index (χ0v) is 10.6. The fourth-order valence-corrected chi connectivity index (χ4v) is 2.94. The standard InChI is InChI=1S/C13H16N4O2/c14-11-9(2-1-4-15-11)7-17-5-3-13(8-17)6-10(18)16-12(13)19/h1-2,4H,3,5-8H2,(H2,14,15)(H,16,18,19)/t13-/m1/s1. The second-order valence-corrected chi connectivity index (χ2v) is 5.34. The summed E-state index contributed by atoms with van der Waals surface area (Å²) in [5.74, 6) is 0.238. The molecule has 3 rings (SSSR count). The molecule has 1 aromatic rings. The van der Waals surface area contributed by atoms with Crippen LogP contribution in [-0.2, 0) is 16.1 Å². The Labute approximate surface area is 111 Å². The molecule has 0 radical (unpaired) electrons. The number of likely N-dealkylation sites (tertiary alicyclic amines) is 1. The van der Waals surface area contributed by atoms with Crippen molar-refractivity contribution < 1.29 is 9.59 Å². The zero-order chi connectivity index (χ0) is 13.5. The number of amides is 2. The molecule has 1 aromatic heterocycles. The highest BCUT2D eigenvalue weighted by Gasteiger charge is 2.50. The van der Waals surface area contributed by atoms with E-state index in [9.17, 15) is 9.59 Å². The highest BCUT2D eigenvalue weighted by Crippen LogP contribution is 2.38. The molecular formula is C13H16N4O2. The van der Waals surface area contributed by atoms with Gasteiger partial charge >= 0.3 is 0 Å². The lowest BCUT2D eigenvalue weighted by Gasteiger charge is -2.20. The summed E-state index contributed by atoms with van der Waals surface area (Å²) in [6.07, 6.45) is 2.70. The lowest BCUT2D eigenvalue weighted by Crippen LogP contribution is -2.34.